The van der Waals surface area contributed by atoms with E-state index in [0.29, 0.717) is 0 Å². The summed E-state index contributed by atoms with van der Waals surface area (Å²) in [6, 6.07) is 7.67. The quantitative estimate of drug-likeness (QED) is 0.789. The Morgan fingerprint density at radius 2 is 1.87 bits per heavy atom. The summed E-state index contributed by atoms with van der Waals surface area (Å²) in [5.74, 6) is 0. The van der Waals surface area contributed by atoms with Gasteiger partial charge in [-0.1, -0.05) is 37.1 Å². The van der Waals surface area contributed by atoms with E-state index in [0.717, 1.165) is 36.8 Å². The van der Waals surface area contributed by atoms with Crippen LogP contribution in [0.4, 0.5) is 4.39 Å². The van der Waals surface area contributed by atoms with E-state index in [1.165, 1.54) is 0 Å². The molecule has 1 aliphatic carbocycles. The van der Waals surface area contributed by atoms with Gasteiger partial charge in [0, 0.05) is 5.54 Å². The Hall–Kier alpha value is -0.890. The van der Waals surface area contributed by atoms with Crippen LogP contribution in [0.1, 0.15) is 49.9 Å². The second-order valence-electron chi connectivity index (χ2n) is 4.57. The highest BCUT2D eigenvalue weighted by Gasteiger charge is 2.33. The zero-order valence-electron chi connectivity index (χ0n) is 9.17. The van der Waals surface area contributed by atoms with Crippen molar-refractivity contribution in [2.75, 3.05) is 0 Å². The number of nitrogens with two attached hydrogens (primary N) is 1. The van der Waals surface area contributed by atoms with Crippen LogP contribution in [-0.4, -0.2) is 0 Å². The minimum atomic E-state index is -0.928. The Labute approximate surface area is 90.5 Å². The summed E-state index contributed by atoms with van der Waals surface area (Å²) in [6.07, 6.45) is 3.35. The molecule has 0 aliphatic heterocycles. The minimum absolute atomic E-state index is 0.281. The van der Waals surface area contributed by atoms with Crippen LogP contribution in [0.25, 0.3) is 0 Å². The molecule has 0 saturated heterocycles. The van der Waals surface area contributed by atoms with Crippen LogP contribution >= 0.6 is 0 Å². The highest BCUT2D eigenvalue weighted by atomic mass is 19.1. The molecule has 2 heteroatoms. The van der Waals surface area contributed by atoms with E-state index in [1.807, 2.05) is 24.3 Å². The maximum absolute atomic E-state index is 13.5. The molecule has 82 valence electrons. The van der Waals surface area contributed by atoms with E-state index in [2.05, 4.69) is 0 Å². The van der Waals surface area contributed by atoms with Crippen LogP contribution in [0, 0.1) is 0 Å². The zero-order chi connectivity index (χ0) is 10.9. The van der Waals surface area contributed by atoms with Crippen LogP contribution < -0.4 is 5.73 Å². The fourth-order valence-corrected chi connectivity index (χ4v) is 2.57. The molecule has 1 aromatic carbocycles. The fraction of sp³-hybridized carbons (Fsp3) is 0.538. The molecule has 1 fully saturated rings. The summed E-state index contributed by atoms with van der Waals surface area (Å²) in [6.45, 7) is 1.58. The van der Waals surface area contributed by atoms with Gasteiger partial charge in [0.1, 0.15) is 6.17 Å². The zero-order valence-corrected chi connectivity index (χ0v) is 9.17. The average Bonchev–Trinajstić information content (AvgIpc) is 2.66. The van der Waals surface area contributed by atoms with E-state index >= 15 is 0 Å². The molecule has 1 unspecified atom stereocenters. The Morgan fingerprint density at radius 1 is 1.27 bits per heavy atom. The van der Waals surface area contributed by atoms with E-state index < -0.39 is 6.17 Å². The molecule has 1 saturated carbocycles. The molecule has 1 aromatic rings. The standard InChI is InChI=1S/C13H18FN/c1-10(14)11-6-2-3-7-12(11)13(15)8-4-5-9-13/h2-3,6-7,10H,4-5,8-9,15H2,1H3. The van der Waals surface area contributed by atoms with Crippen molar-refractivity contribution in [1.29, 1.82) is 0 Å². The van der Waals surface area contributed by atoms with Crippen molar-refractivity contribution < 1.29 is 4.39 Å². The molecule has 1 atom stereocenters. The van der Waals surface area contributed by atoms with Gasteiger partial charge in [-0.25, -0.2) is 4.39 Å². The Morgan fingerprint density at radius 3 is 2.47 bits per heavy atom. The second-order valence-corrected chi connectivity index (χ2v) is 4.57. The molecular formula is C13H18FN. The normalized spacial score (nSPS) is 21.5. The third kappa shape index (κ3) is 1.91. The van der Waals surface area contributed by atoms with Gasteiger partial charge in [0.25, 0.3) is 0 Å². The van der Waals surface area contributed by atoms with E-state index in [4.69, 9.17) is 5.73 Å². The van der Waals surface area contributed by atoms with E-state index in [-0.39, 0.29) is 5.54 Å². The van der Waals surface area contributed by atoms with Crippen LogP contribution in [0.3, 0.4) is 0 Å². The number of alkyl halides is 1. The van der Waals surface area contributed by atoms with Crippen LogP contribution in [0.15, 0.2) is 24.3 Å². The van der Waals surface area contributed by atoms with Gasteiger partial charge >= 0.3 is 0 Å². The predicted octanol–water partition coefficient (Wildman–Crippen LogP) is 3.45. The maximum atomic E-state index is 13.5. The van der Waals surface area contributed by atoms with Crippen molar-refractivity contribution in [2.24, 2.45) is 5.73 Å². The molecule has 1 nitrogen and oxygen atoms in total. The minimum Gasteiger partial charge on any atom is -0.321 e. The smallest absolute Gasteiger partial charge is 0.123 e. The maximum Gasteiger partial charge on any atom is 0.123 e. The topological polar surface area (TPSA) is 26.0 Å². The van der Waals surface area contributed by atoms with Gasteiger partial charge in [-0.3, -0.25) is 0 Å². The van der Waals surface area contributed by atoms with Gasteiger partial charge in [-0.2, -0.15) is 0 Å². The molecule has 1 aliphatic rings. The molecule has 0 radical (unpaired) electrons. The summed E-state index contributed by atoms with van der Waals surface area (Å²) < 4.78 is 13.5. The fourth-order valence-electron chi connectivity index (χ4n) is 2.57. The average molecular weight is 207 g/mol. The summed E-state index contributed by atoms with van der Waals surface area (Å²) >= 11 is 0. The molecule has 0 heterocycles. The van der Waals surface area contributed by atoms with Gasteiger partial charge in [0.05, 0.1) is 0 Å². The molecule has 0 spiro atoms. The lowest BCUT2D eigenvalue weighted by molar-refractivity contribution is 0.359. The number of benzene rings is 1. The summed E-state index contributed by atoms with van der Waals surface area (Å²) in [4.78, 5) is 0. The first kappa shape index (κ1) is 10.6. The second kappa shape index (κ2) is 3.93. The van der Waals surface area contributed by atoms with Crippen molar-refractivity contribution in [3.63, 3.8) is 0 Å². The van der Waals surface area contributed by atoms with Crippen molar-refractivity contribution in [2.45, 2.75) is 44.3 Å². The molecule has 0 amide bonds. The van der Waals surface area contributed by atoms with Gasteiger partial charge in [0.15, 0.2) is 0 Å². The van der Waals surface area contributed by atoms with Crippen molar-refractivity contribution in [3.8, 4) is 0 Å². The van der Waals surface area contributed by atoms with E-state index in [9.17, 15) is 4.39 Å². The lowest BCUT2D eigenvalue weighted by Crippen LogP contribution is -2.34. The van der Waals surface area contributed by atoms with Crippen molar-refractivity contribution in [3.05, 3.63) is 35.4 Å². The largest absolute Gasteiger partial charge is 0.321 e. The first-order chi connectivity index (χ1) is 7.13. The number of rotatable bonds is 2. The molecular weight excluding hydrogens is 189 g/mol. The third-order valence-corrected chi connectivity index (χ3v) is 3.42. The van der Waals surface area contributed by atoms with Crippen LogP contribution in [0.5, 0.6) is 0 Å². The summed E-state index contributed by atoms with van der Waals surface area (Å²) in [5.41, 5.74) is 7.85. The molecule has 15 heavy (non-hydrogen) atoms. The number of hydrogen-bond acceptors (Lipinski definition) is 1. The molecule has 0 aromatic heterocycles. The first-order valence-electron chi connectivity index (χ1n) is 5.66. The van der Waals surface area contributed by atoms with Crippen molar-refractivity contribution in [1.82, 2.24) is 0 Å². The lowest BCUT2D eigenvalue weighted by Gasteiger charge is -2.27. The number of hydrogen-bond donors (Lipinski definition) is 1. The van der Waals surface area contributed by atoms with Gasteiger partial charge in [-0.15, -0.1) is 0 Å². The highest BCUT2D eigenvalue weighted by molar-refractivity contribution is 5.35. The molecule has 0 bridgehead atoms. The Kier molecular flexibility index (Phi) is 2.79. The summed E-state index contributed by atoms with van der Waals surface area (Å²) in [5, 5.41) is 0. The highest BCUT2D eigenvalue weighted by Crippen LogP contribution is 2.39. The predicted molar refractivity (Wildman–Crippen MR) is 60.3 cm³/mol. The van der Waals surface area contributed by atoms with E-state index in [1.54, 1.807) is 6.92 Å². The van der Waals surface area contributed by atoms with Gasteiger partial charge in [-0.05, 0) is 30.9 Å². The van der Waals surface area contributed by atoms with Crippen LogP contribution in [-0.2, 0) is 5.54 Å². The van der Waals surface area contributed by atoms with Crippen LogP contribution in [0.2, 0.25) is 0 Å². The number of halogens is 1. The Bertz CT molecular complexity index is 340. The SMILES string of the molecule is CC(F)c1ccccc1C1(N)CCCC1. The Balaban J connectivity index is 2.42. The van der Waals surface area contributed by atoms with Gasteiger partial charge < -0.3 is 5.73 Å². The van der Waals surface area contributed by atoms with Crippen molar-refractivity contribution >= 4 is 0 Å². The monoisotopic (exact) mass is 207 g/mol. The lowest BCUT2D eigenvalue weighted by atomic mass is 9.85. The third-order valence-electron chi connectivity index (χ3n) is 3.42. The first-order valence-corrected chi connectivity index (χ1v) is 5.66. The molecule has 2 rings (SSSR count). The molecule has 2 N–H and O–H groups in total. The van der Waals surface area contributed by atoms with Gasteiger partial charge in [0.2, 0.25) is 0 Å². The summed E-state index contributed by atoms with van der Waals surface area (Å²) in [7, 11) is 0.